The molecular weight excluding hydrogens is 372 g/mol. The Bertz CT molecular complexity index is 664. The maximum atomic E-state index is 12.9. The first-order chi connectivity index (χ1) is 10.4. The van der Waals surface area contributed by atoms with Gasteiger partial charge in [-0.3, -0.25) is 4.79 Å². The average molecular weight is 394 g/mol. The van der Waals surface area contributed by atoms with Gasteiger partial charge in [0.05, 0.1) is 10.7 Å². The number of aromatic nitrogens is 1. The van der Waals surface area contributed by atoms with Gasteiger partial charge in [0.15, 0.2) is 0 Å². The molecule has 0 aliphatic rings. The van der Waals surface area contributed by atoms with Crippen molar-refractivity contribution in [2.75, 3.05) is 13.6 Å². The molecule has 1 aromatic heterocycles. The number of benzene rings is 1. The number of halogens is 3. The van der Waals surface area contributed by atoms with Crippen molar-refractivity contribution in [1.82, 2.24) is 9.88 Å². The van der Waals surface area contributed by atoms with Crippen molar-refractivity contribution in [3.8, 4) is 0 Å². The Kier molecular flexibility index (Phi) is 9.43. The van der Waals surface area contributed by atoms with Gasteiger partial charge in [-0.15, -0.1) is 36.2 Å². The summed E-state index contributed by atoms with van der Waals surface area (Å²) in [6.45, 7) is 4.16. The monoisotopic (exact) mass is 393 g/mol. The first-order valence-electron chi connectivity index (χ1n) is 7.10. The van der Waals surface area contributed by atoms with Crippen molar-refractivity contribution in [3.05, 3.63) is 51.2 Å². The zero-order valence-corrected chi connectivity index (χ0v) is 16.2. The molecule has 0 radical (unpaired) electrons. The predicted molar refractivity (Wildman–Crippen MR) is 101 cm³/mol. The van der Waals surface area contributed by atoms with Crippen LogP contribution in [0.2, 0.25) is 0 Å². The highest BCUT2D eigenvalue weighted by Gasteiger charge is 2.21. The van der Waals surface area contributed by atoms with Crippen LogP contribution in [-0.4, -0.2) is 35.4 Å². The summed E-state index contributed by atoms with van der Waals surface area (Å²) in [6.07, 6.45) is 0.592. The number of thiazole rings is 1. The summed E-state index contributed by atoms with van der Waals surface area (Å²) < 4.78 is 12.9. The summed E-state index contributed by atoms with van der Waals surface area (Å²) in [7, 11) is 1.75. The van der Waals surface area contributed by atoms with E-state index in [9.17, 15) is 9.18 Å². The molecule has 2 aromatic rings. The molecule has 1 heterocycles. The van der Waals surface area contributed by atoms with Crippen molar-refractivity contribution in [2.24, 2.45) is 5.73 Å². The molecule has 0 aliphatic heterocycles. The largest absolute Gasteiger partial charge is 0.337 e. The van der Waals surface area contributed by atoms with Gasteiger partial charge < -0.3 is 10.6 Å². The Hall–Kier alpha value is -1.21. The third kappa shape index (κ3) is 5.41. The summed E-state index contributed by atoms with van der Waals surface area (Å²) >= 11 is 1.39. The van der Waals surface area contributed by atoms with Gasteiger partial charge >= 0.3 is 0 Å². The van der Waals surface area contributed by atoms with Gasteiger partial charge in [0, 0.05) is 26.1 Å². The molecule has 1 amide bonds. The van der Waals surface area contributed by atoms with Crippen LogP contribution in [-0.2, 0) is 6.42 Å². The van der Waals surface area contributed by atoms with E-state index in [1.807, 2.05) is 13.8 Å². The summed E-state index contributed by atoms with van der Waals surface area (Å²) in [5.41, 5.74) is 7.31. The smallest absolute Gasteiger partial charge is 0.265 e. The molecule has 4 nitrogen and oxygen atoms in total. The second-order valence-electron chi connectivity index (χ2n) is 5.33. The molecule has 0 bridgehead atoms. The van der Waals surface area contributed by atoms with Crippen LogP contribution >= 0.6 is 36.2 Å². The van der Waals surface area contributed by atoms with Crippen molar-refractivity contribution < 1.29 is 9.18 Å². The Morgan fingerprint density at radius 1 is 1.33 bits per heavy atom. The molecule has 0 saturated carbocycles. The lowest BCUT2D eigenvalue weighted by Crippen LogP contribution is -2.39. The van der Waals surface area contributed by atoms with Gasteiger partial charge in [-0.05, 0) is 31.5 Å². The van der Waals surface area contributed by atoms with Crippen molar-refractivity contribution >= 4 is 42.1 Å². The summed E-state index contributed by atoms with van der Waals surface area (Å²) in [5, 5.41) is 0.848. The average Bonchev–Trinajstić information content (AvgIpc) is 2.87. The zero-order chi connectivity index (χ0) is 16.3. The molecule has 0 aliphatic carbocycles. The maximum Gasteiger partial charge on any atom is 0.265 e. The fourth-order valence-electron chi connectivity index (χ4n) is 2.02. The summed E-state index contributed by atoms with van der Waals surface area (Å²) in [4.78, 5) is 19.2. The van der Waals surface area contributed by atoms with E-state index in [2.05, 4.69) is 4.98 Å². The van der Waals surface area contributed by atoms with Gasteiger partial charge in [-0.1, -0.05) is 12.1 Å². The van der Waals surface area contributed by atoms with Gasteiger partial charge in [0.2, 0.25) is 0 Å². The highest BCUT2D eigenvalue weighted by atomic mass is 35.5. The number of hydrogen-bond donors (Lipinski definition) is 1. The van der Waals surface area contributed by atoms with Crippen LogP contribution < -0.4 is 5.73 Å². The Morgan fingerprint density at radius 3 is 2.46 bits per heavy atom. The lowest BCUT2D eigenvalue weighted by Gasteiger charge is -2.23. The first kappa shape index (κ1) is 22.8. The zero-order valence-electron chi connectivity index (χ0n) is 13.8. The normalized spacial score (nSPS) is 11.2. The number of rotatable bonds is 5. The SMILES string of the molecule is Cc1nc(Cc2ccc(F)cc2)sc1C(=O)N(C)C(C)CN.Cl.Cl. The van der Waals surface area contributed by atoms with Crippen LogP contribution in [0.4, 0.5) is 4.39 Å². The number of hydrogen-bond acceptors (Lipinski definition) is 4. The molecule has 24 heavy (non-hydrogen) atoms. The van der Waals surface area contributed by atoms with Crippen LogP contribution in [0.25, 0.3) is 0 Å². The fraction of sp³-hybridized carbons (Fsp3) is 0.375. The second-order valence-corrected chi connectivity index (χ2v) is 6.41. The summed E-state index contributed by atoms with van der Waals surface area (Å²) in [6, 6.07) is 6.30. The van der Waals surface area contributed by atoms with E-state index in [0.717, 1.165) is 16.3 Å². The number of aryl methyl sites for hydroxylation is 1. The molecule has 0 saturated heterocycles. The lowest BCUT2D eigenvalue weighted by atomic mass is 10.1. The Labute approximate surface area is 158 Å². The highest BCUT2D eigenvalue weighted by Crippen LogP contribution is 2.22. The number of carbonyl (C=O) groups excluding carboxylic acids is 1. The molecule has 134 valence electrons. The molecule has 0 spiro atoms. The maximum absolute atomic E-state index is 12.9. The lowest BCUT2D eigenvalue weighted by molar-refractivity contribution is 0.0752. The Balaban J connectivity index is 0.00000264. The minimum atomic E-state index is -0.257. The molecule has 1 aromatic carbocycles. The van der Waals surface area contributed by atoms with E-state index in [-0.39, 0.29) is 42.6 Å². The number of likely N-dealkylation sites (N-methyl/N-ethyl adjacent to an activating group) is 1. The number of amides is 1. The number of nitrogens with zero attached hydrogens (tertiary/aromatic N) is 2. The van der Waals surface area contributed by atoms with Crippen LogP contribution in [0.5, 0.6) is 0 Å². The van der Waals surface area contributed by atoms with E-state index < -0.39 is 0 Å². The standard InChI is InChI=1S/C16H20FN3OS.2ClH/c1-10(9-18)20(3)16(21)15-11(2)19-14(22-15)8-12-4-6-13(17)7-5-12;;/h4-7,10H,8-9,18H2,1-3H3;2*1H. The molecule has 1 atom stereocenters. The van der Waals surface area contributed by atoms with Crippen molar-refractivity contribution in [2.45, 2.75) is 26.3 Å². The van der Waals surface area contributed by atoms with Crippen LogP contribution in [0.1, 0.15) is 32.9 Å². The minimum Gasteiger partial charge on any atom is -0.337 e. The fourth-order valence-corrected chi connectivity index (χ4v) is 3.10. The van der Waals surface area contributed by atoms with Crippen molar-refractivity contribution in [1.29, 1.82) is 0 Å². The van der Waals surface area contributed by atoms with Gasteiger partial charge in [-0.2, -0.15) is 0 Å². The quantitative estimate of drug-likeness (QED) is 0.845. The topological polar surface area (TPSA) is 59.2 Å². The molecular formula is C16H22Cl2FN3OS. The predicted octanol–water partition coefficient (Wildman–Crippen LogP) is 3.44. The third-order valence-electron chi connectivity index (χ3n) is 3.63. The third-order valence-corrected chi connectivity index (χ3v) is 4.77. The van der Waals surface area contributed by atoms with Crippen molar-refractivity contribution in [3.63, 3.8) is 0 Å². The van der Waals surface area contributed by atoms with E-state index in [4.69, 9.17) is 5.73 Å². The van der Waals surface area contributed by atoms with Crippen LogP contribution in [0, 0.1) is 12.7 Å². The summed E-state index contributed by atoms with van der Waals surface area (Å²) in [5.74, 6) is -0.314. The number of nitrogens with two attached hydrogens (primary N) is 1. The van der Waals surface area contributed by atoms with E-state index in [1.165, 1.54) is 23.5 Å². The van der Waals surface area contributed by atoms with Gasteiger partial charge in [-0.25, -0.2) is 9.37 Å². The van der Waals surface area contributed by atoms with Crippen LogP contribution in [0.15, 0.2) is 24.3 Å². The molecule has 2 rings (SSSR count). The molecule has 8 heteroatoms. The van der Waals surface area contributed by atoms with Gasteiger partial charge in [0.1, 0.15) is 10.7 Å². The molecule has 2 N–H and O–H groups in total. The highest BCUT2D eigenvalue weighted by molar-refractivity contribution is 7.13. The first-order valence-corrected chi connectivity index (χ1v) is 7.92. The Morgan fingerprint density at radius 2 is 1.92 bits per heavy atom. The number of carbonyl (C=O) groups is 1. The van der Waals surface area contributed by atoms with Crippen LogP contribution in [0.3, 0.4) is 0 Å². The molecule has 1 unspecified atom stereocenters. The van der Waals surface area contributed by atoms with E-state index in [1.54, 1.807) is 24.1 Å². The van der Waals surface area contributed by atoms with E-state index in [0.29, 0.717) is 17.8 Å². The van der Waals surface area contributed by atoms with Gasteiger partial charge in [0.25, 0.3) is 5.91 Å². The molecule has 0 fully saturated rings. The minimum absolute atomic E-state index is 0. The van der Waals surface area contributed by atoms with E-state index >= 15 is 0 Å². The second kappa shape index (κ2) is 9.93.